The zero-order valence-electron chi connectivity index (χ0n) is 10.9. The van der Waals surface area contributed by atoms with Gasteiger partial charge in [-0.1, -0.05) is 11.6 Å². The highest BCUT2D eigenvalue weighted by Gasteiger charge is 2.11. The lowest BCUT2D eigenvalue weighted by Crippen LogP contribution is -2.21. The van der Waals surface area contributed by atoms with Crippen LogP contribution >= 0.6 is 11.6 Å². The molecule has 1 amide bonds. The van der Waals surface area contributed by atoms with Gasteiger partial charge in [0.05, 0.1) is 29.2 Å². The van der Waals surface area contributed by atoms with Crippen molar-refractivity contribution in [3.8, 4) is 5.69 Å². The molecule has 1 N–H and O–H groups in total. The molecular formula is C13H14ClN3O2. The average molecular weight is 280 g/mol. The Bertz CT molecular complexity index is 605. The van der Waals surface area contributed by atoms with Gasteiger partial charge in [-0.2, -0.15) is 5.10 Å². The second kappa shape index (κ2) is 5.42. The fourth-order valence-corrected chi connectivity index (χ4v) is 1.90. The largest absolute Gasteiger partial charge is 0.277 e. The number of carbonyl (C=O) groups is 1. The van der Waals surface area contributed by atoms with Gasteiger partial charge in [-0.3, -0.25) is 9.63 Å². The number of benzene rings is 1. The molecular weight excluding hydrogens is 266 g/mol. The van der Waals surface area contributed by atoms with E-state index in [4.69, 9.17) is 11.6 Å². The van der Waals surface area contributed by atoms with Crippen LogP contribution in [0.1, 0.15) is 21.7 Å². The van der Waals surface area contributed by atoms with Crippen LogP contribution in [0.5, 0.6) is 0 Å². The minimum Gasteiger partial charge on any atom is -0.277 e. The number of amides is 1. The summed E-state index contributed by atoms with van der Waals surface area (Å²) in [4.78, 5) is 16.1. The molecule has 5 nitrogen and oxygen atoms in total. The van der Waals surface area contributed by atoms with E-state index in [1.54, 1.807) is 28.9 Å². The maximum absolute atomic E-state index is 11.5. The van der Waals surface area contributed by atoms with Gasteiger partial charge >= 0.3 is 0 Å². The number of hydrogen-bond acceptors (Lipinski definition) is 3. The van der Waals surface area contributed by atoms with Crippen LogP contribution in [0.4, 0.5) is 0 Å². The summed E-state index contributed by atoms with van der Waals surface area (Å²) in [7, 11) is 1.39. The van der Waals surface area contributed by atoms with Gasteiger partial charge in [0, 0.05) is 5.56 Å². The summed E-state index contributed by atoms with van der Waals surface area (Å²) >= 11 is 6.11. The molecule has 0 saturated carbocycles. The van der Waals surface area contributed by atoms with Crippen molar-refractivity contribution in [2.45, 2.75) is 13.8 Å². The van der Waals surface area contributed by atoms with Crippen molar-refractivity contribution in [1.29, 1.82) is 0 Å². The van der Waals surface area contributed by atoms with Crippen molar-refractivity contribution < 1.29 is 9.63 Å². The fourth-order valence-electron chi connectivity index (χ4n) is 1.78. The Morgan fingerprint density at radius 2 is 1.95 bits per heavy atom. The van der Waals surface area contributed by atoms with Gasteiger partial charge in [-0.05, 0) is 38.1 Å². The zero-order chi connectivity index (χ0) is 14.0. The molecule has 2 aromatic rings. The molecule has 0 saturated heterocycles. The molecule has 0 radical (unpaired) electrons. The van der Waals surface area contributed by atoms with Crippen LogP contribution in [0.2, 0.25) is 5.02 Å². The number of aromatic nitrogens is 2. The normalized spacial score (nSPS) is 10.5. The molecule has 0 aliphatic carbocycles. The lowest BCUT2D eigenvalue weighted by molar-refractivity contribution is 0.0537. The van der Waals surface area contributed by atoms with Crippen LogP contribution in [0, 0.1) is 13.8 Å². The number of nitrogens with one attached hydrogen (secondary N) is 1. The van der Waals surface area contributed by atoms with E-state index < -0.39 is 0 Å². The Labute approximate surface area is 116 Å². The molecule has 0 fully saturated rings. The highest BCUT2D eigenvalue weighted by Crippen LogP contribution is 2.22. The third-order valence-electron chi connectivity index (χ3n) is 2.77. The lowest BCUT2D eigenvalue weighted by Gasteiger charge is -2.06. The monoisotopic (exact) mass is 279 g/mol. The van der Waals surface area contributed by atoms with Crippen molar-refractivity contribution >= 4 is 17.5 Å². The van der Waals surface area contributed by atoms with Crippen LogP contribution in [0.15, 0.2) is 24.3 Å². The van der Waals surface area contributed by atoms with Gasteiger partial charge < -0.3 is 0 Å². The van der Waals surface area contributed by atoms with E-state index in [1.165, 1.54) is 7.11 Å². The van der Waals surface area contributed by atoms with E-state index in [0.717, 1.165) is 17.1 Å². The molecule has 0 bridgehead atoms. The first kappa shape index (κ1) is 13.6. The van der Waals surface area contributed by atoms with Gasteiger partial charge in [0.2, 0.25) is 0 Å². The third kappa shape index (κ3) is 2.62. The van der Waals surface area contributed by atoms with E-state index in [9.17, 15) is 4.79 Å². The van der Waals surface area contributed by atoms with Gasteiger partial charge in [0.1, 0.15) is 0 Å². The van der Waals surface area contributed by atoms with Crippen LogP contribution in [-0.4, -0.2) is 22.8 Å². The number of nitrogens with zero attached hydrogens (tertiary/aromatic N) is 2. The number of aryl methyl sites for hydroxylation is 1. The Kier molecular flexibility index (Phi) is 3.87. The SMILES string of the molecule is CONC(=O)c1ccc(-n2nc(C)c(Cl)c2C)cc1. The van der Waals surface area contributed by atoms with E-state index in [2.05, 4.69) is 15.4 Å². The predicted octanol–water partition coefficient (Wildman–Crippen LogP) is 2.43. The summed E-state index contributed by atoms with van der Waals surface area (Å²) in [6.45, 7) is 3.75. The van der Waals surface area contributed by atoms with E-state index in [1.807, 2.05) is 13.8 Å². The van der Waals surface area contributed by atoms with Gasteiger partial charge in [-0.25, -0.2) is 10.2 Å². The number of halogens is 1. The van der Waals surface area contributed by atoms with Crippen molar-refractivity contribution in [2.75, 3.05) is 7.11 Å². The molecule has 2 rings (SSSR count). The highest BCUT2D eigenvalue weighted by molar-refractivity contribution is 6.31. The smallest absolute Gasteiger partial charge is 0.274 e. The van der Waals surface area contributed by atoms with Crippen LogP contribution in [0.3, 0.4) is 0 Å². The summed E-state index contributed by atoms with van der Waals surface area (Å²) in [6.07, 6.45) is 0. The molecule has 0 unspecified atom stereocenters. The molecule has 1 aromatic heterocycles. The Morgan fingerprint density at radius 3 is 2.42 bits per heavy atom. The van der Waals surface area contributed by atoms with Gasteiger partial charge in [0.15, 0.2) is 0 Å². The number of hydroxylamine groups is 1. The number of rotatable bonds is 3. The van der Waals surface area contributed by atoms with E-state index in [0.29, 0.717) is 10.6 Å². The summed E-state index contributed by atoms with van der Waals surface area (Å²) in [5.41, 5.74) is 5.27. The van der Waals surface area contributed by atoms with Gasteiger partial charge in [0.25, 0.3) is 5.91 Å². The molecule has 1 heterocycles. The molecule has 1 aromatic carbocycles. The highest BCUT2D eigenvalue weighted by atomic mass is 35.5. The van der Waals surface area contributed by atoms with Crippen LogP contribution in [0.25, 0.3) is 5.69 Å². The first-order valence-corrected chi connectivity index (χ1v) is 6.08. The number of carbonyl (C=O) groups excluding carboxylic acids is 1. The molecule has 0 aliphatic rings. The minimum atomic E-state index is -0.291. The van der Waals surface area contributed by atoms with E-state index >= 15 is 0 Å². The topological polar surface area (TPSA) is 56.1 Å². The fraction of sp³-hybridized carbons (Fsp3) is 0.231. The summed E-state index contributed by atoms with van der Waals surface area (Å²) in [5, 5.41) is 5.00. The van der Waals surface area contributed by atoms with Crippen molar-refractivity contribution in [2.24, 2.45) is 0 Å². The maximum atomic E-state index is 11.5. The van der Waals surface area contributed by atoms with Crippen molar-refractivity contribution in [3.05, 3.63) is 46.2 Å². The zero-order valence-corrected chi connectivity index (χ0v) is 11.7. The predicted molar refractivity (Wildman–Crippen MR) is 72.5 cm³/mol. The Hall–Kier alpha value is -1.85. The average Bonchev–Trinajstić information content (AvgIpc) is 2.67. The Morgan fingerprint density at radius 1 is 1.32 bits per heavy atom. The van der Waals surface area contributed by atoms with Crippen molar-refractivity contribution in [1.82, 2.24) is 15.3 Å². The standard InChI is InChI=1S/C13H14ClN3O2/c1-8-12(14)9(2)17(15-8)11-6-4-10(5-7-11)13(18)16-19-3/h4-7H,1-3H3,(H,16,18). The molecule has 0 aliphatic heterocycles. The van der Waals surface area contributed by atoms with Crippen LogP contribution < -0.4 is 5.48 Å². The van der Waals surface area contributed by atoms with Gasteiger partial charge in [-0.15, -0.1) is 0 Å². The second-order valence-corrected chi connectivity index (χ2v) is 4.46. The summed E-state index contributed by atoms with van der Waals surface area (Å²) in [5.74, 6) is -0.291. The summed E-state index contributed by atoms with van der Waals surface area (Å²) < 4.78 is 1.75. The van der Waals surface area contributed by atoms with Crippen molar-refractivity contribution in [3.63, 3.8) is 0 Å². The maximum Gasteiger partial charge on any atom is 0.274 e. The van der Waals surface area contributed by atoms with Crippen LogP contribution in [-0.2, 0) is 4.84 Å². The molecule has 6 heteroatoms. The lowest BCUT2D eigenvalue weighted by atomic mass is 10.2. The Balaban J connectivity index is 2.32. The minimum absolute atomic E-state index is 0.291. The molecule has 0 spiro atoms. The van der Waals surface area contributed by atoms with E-state index in [-0.39, 0.29) is 5.91 Å². The second-order valence-electron chi connectivity index (χ2n) is 4.08. The summed E-state index contributed by atoms with van der Waals surface area (Å²) in [6, 6.07) is 7.02. The molecule has 0 atom stereocenters. The molecule has 19 heavy (non-hydrogen) atoms. The third-order valence-corrected chi connectivity index (χ3v) is 3.32. The molecule has 100 valence electrons. The first-order chi connectivity index (χ1) is 9.04. The first-order valence-electron chi connectivity index (χ1n) is 5.70. The quantitative estimate of drug-likeness (QED) is 0.878. The number of hydrogen-bond donors (Lipinski definition) is 1.